The lowest BCUT2D eigenvalue weighted by Crippen LogP contribution is -1.94. The predicted molar refractivity (Wildman–Crippen MR) is 166 cm³/mol. The Morgan fingerprint density at radius 1 is 0.513 bits per heavy atom. The van der Waals surface area contributed by atoms with Crippen molar-refractivity contribution in [1.29, 1.82) is 0 Å². The molecule has 0 N–H and O–H groups in total. The maximum Gasteiger partial charge on any atom is 0.154 e. The number of furan rings is 1. The molecule has 0 saturated heterocycles. The minimum Gasteiger partial charge on any atom is -0.455 e. The van der Waals surface area contributed by atoms with Gasteiger partial charge in [0.25, 0.3) is 0 Å². The fraction of sp³-hybridized carbons (Fsp3) is 0. The fourth-order valence-electron chi connectivity index (χ4n) is 6.33. The molecule has 0 bridgehead atoms. The molecule has 2 nitrogen and oxygen atoms in total. The van der Waals surface area contributed by atoms with Gasteiger partial charge in [-0.25, -0.2) is 0 Å². The summed E-state index contributed by atoms with van der Waals surface area (Å²) in [6.07, 6.45) is 0. The van der Waals surface area contributed by atoms with Crippen LogP contribution in [0.4, 0.5) is 0 Å². The lowest BCUT2D eigenvalue weighted by atomic mass is 10.0. The second-order valence-electron chi connectivity index (χ2n) is 10.1. The van der Waals surface area contributed by atoms with Crippen LogP contribution in [0.3, 0.4) is 0 Å². The van der Waals surface area contributed by atoms with Crippen molar-refractivity contribution < 1.29 is 4.42 Å². The van der Waals surface area contributed by atoms with Crippen LogP contribution >= 0.6 is 11.3 Å². The van der Waals surface area contributed by atoms with Gasteiger partial charge >= 0.3 is 0 Å². The van der Waals surface area contributed by atoms with E-state index < -0.39 is 0 Å². The van der Waals surface area contributed by atoms with Crippen molar-refractivity contribution in [2.75, 3.05) is 0 Å². The number of hydrogen-bond donors (Lipinski definition) is 0. The minimum absolute atomic E-state index is 0.933. The monoisotopic (exact) mass is 515 g/mol. The standard InChI is InChI=1S/C36H21NOS/c1-2-10-22(11-3-1)23-18-20-24(21-19-23)37-28-15-7-4-12-25(28)31-32-26-13-5-8-16-29(26)38-35(32)36-33(34(31)37)27-14-6-9-17-30(27)39-36/h1-21H. The molecule has 0 aliphatic heterocycles. The third-order valence-corrected chi connectivity index (χ3v) is 9.16. The molecule has 0 saturated carbocycles. The van der Waals surface area contributed by atoms with Crippen LogP contribution in [-0.2, 0) is 0 Å². The molecule has 3 aromatic heterocycles. The number of benzene rings is 6. The third-order valence-electron chi connectivity index (χ3n) is 7.99. The molecule has 9 rings (SSSR count). The molecule has 0 aliphatic rings. The number of para-hydroxylation sites is 2. The maximum atomic E-state index is 6.63. The van der Waals surface area contributed by atoms with E-state index >= 15 is 0 Å². The van der Waals surface area contributed by atoms with Crippen LogP contribution in [-0.4, -0.2) is 4.57 Å². The van der Waals surface area contributed by atoms with Crippen molar-refractivity contribution >= 4 is 75.3 Å². The van der Waals surface area contributed by atoms with Crippen LogP contribution in [0.15, 0.2) is 132 Å². The Morgan fingerprint density at radius 2 is 1.18 bits per heavy atom. The zero-order chi connectivity index (χ0) is 25.5. The predicted octanol–water partition coefficient (Wildman–Crippen LogP) is 10.7. The molecule has 0 amide bonds. The summed E-state index contributed by atoms with van der Waals surface area (Å²) in [6, 6.07) is 45.5. The van der Waals surface area contributed by atoms with Gasteiger partial charge in [-0.15, -0.1) is 11.3 Å². The molecule has 0 fully saturated rings. The second-order valence-corrected chi connectivity index (χ2v) is 11.1. The molecule has 3 heteroatoms. The second kappa shape index (κ2) is 7.83. The zero-order valence-corrected chi connectivity index (χ0v) is 21.7. The molecule has 182 valence electrons. The SMILES string of the molecule is c1ccc(-c2ccc(-n3c4ccccc4c4c5c6ccccc6oc5c5sc6ccccc6c5c43)cc2)cc1. The van der Waals surface area contributed by atoms with Crippen LogP contribution in [0, 0.1) is 0 Å². The van der Waals surface area contributed by atoms with Crippen molar-refractivity contribution in [3.05, 3.63) is 127 Å². The summed E-state index contributed by atoms with van der Waals surface area (Å²) in [7, 11) is 0. The number of aromatic nitrogens is 1. The van der Waals surface area contributed by atoms with E-state index in [2.05, 4.69) is 132 Å². The highest BCUT2D eigenvalue weighted by Crippen LogP contribution is 2.50. The van der Waals surface area contributed by atoms with Gasteiger partial charge in [0.2, 0.25) is 0 Å². The van der Waals surface area contributed by atoms with E-state index in [0.29, 0.717) is 0 Å². The molecule has 0 aliphatic carbocycles. The smallest absolute Gasteiger partial charge is 0.154 e. The van der Waals surface area contributed by atoms with E-state index in [1.807, 2.05) is 11.3 Å². The molecule has 0 radical (unpaired) electrons. The highest BCUT2D eigenvalue weighted by Gasteiger charge is 2.25. The normalized spacial score (nSPS) is 12.1. The van der Waals surface area contributed by atoms with Gasteiger partial charge in [0, 0.05) is 42.7 Å². The van der Waals surface area contributed by atoms with E-state index in [1.54, 1.807) is 0 Å². The van der Waals surface area contributed by atoms with Crippen LogP contribution in [0.1, 0.15) is 0 Å². The van der Waals surface area contributed by atoms with Crippen molar-refractivity contribution in [1.82, 2.24) is 4.57 Å². The van der Waals surface area contributed by atoms with Crippen LogP contribution in [0.5, 0.6) is 0 Å². The molecule has 0 spiro atoms. The molecule has 6 aromatic carbocycles. The topological polar surface area (TPSA) is 18.1 Å². The Hall–Kier alpha value is -4.86. The van der Waals surface area contributed by atoms with E-state index in [4.69, 9.17) is 4.42 Å². The zero-order valence-electron chi connectivity index (χ0n) is 20.9. The average Bonchev–Trinajstić information content (AvgIpc) is 3.67. The number of thiophene rings is 1. The van der Waals surface area contributed by atoms with Crippen molar-refractivity contribution in [3.63, 3.8) is 0 Å². The highest BCUT2D eigenvalue weighted by molar-refractivity contribution is 7.26. The van der Waals surface area contributed by atoms with E-state index in [1.165, 1.54) is 63.9 Å². The number of fused-ring (bicyclic) bond motifs is 12. The molecule has 0 unspecified atom stereocenters. The lowest BCUT2D eigenvalue weighted by molar-refractivity contribution is 0.673. The molecule has 39 heavy (non-hydrogen) atoms. The first-order chi connectivity index (χ1) is 19.4. The number of nitrogens with zero attached hydrogens (tertiary/aromatic N) is 1. The summed E-state index contributed by atoms with van der Waals surface area (Å²) in [5.74, 6) is 0. The average molecular weight is 516 g/mol. The molecule has 9 aromatic rings. The van der Waals surface area contributed by atoms with Crippen LogP contribution in [0.25, 0.3) is 80.7 Å². The lowest BCUT2D eigenvalue weighted by Gasteiger charge is -2.11. The van der Waals surface area contributed by atoms with Gasteiger partial charge in [0.15, 0.2) is 5.58 Å². The summed E-state index contributed by atoms with van der Waals surface area (Å²) >= 11 is 1.83. The van der Waals surface area contributed by atoms with E-state index in [0.717, 1.165) is 16.9 Å². The molecule has 3 heterocycles. The van der Waals surface area contributed by atoms with Crippen molar-refractivity contribution in [2.24, 2.45) is 0 Å². The van der Waals surface area contributed by atoms with Gasteiger partial charge in [-0.2, -0.15) is 0 Å². The number of rotatable bonds is 2. The first kappa shape index (κ1) is 21.1. The quantitative estimate of drug-likeness (QED) is 0.224. The van der Waals surface area contributed by atoms with E-state index in [9.17, 15) is 0 Å². The van der Waals surface area contributed by atoms with Crippen LogP contribution in [0.2, 0.25) is 0 Å². The van der Waals surface area contributed by atoms with Crippen molar-refractivity contribution in [2.45, 2.75) is 0 Å². The van der Waals surface area contributed by atoms with Gasteiger partial charge in [-0.05, 0) is 41.5 Å². The van der Waals surface area contributed by atoms with Gasteiger partial charge in [-0.1, -0.05) is 97.1 Å². The highest BCUT2D eigenvalue weighted by atomic mass is 32.1. The Kier molecular flexibility index (Phi) is 4.24. The fourth-order valence-corrected chi connectivity index (χ4v) is 7.52. The van der Waals surface area contributed by atoms with Gasteiger partial charge in [-0.3, -0.25) is 0 Å². The summed E-state index contributed by atoms with van der Waals surface area (Å²) in [4.78, 5) is 0. The van der Waals surface area contributed by atoms with Crippen molar-refractivity contribution in [3.8, 4) is 16.8 Å². The molecular weight excluding hydrogens is 494 g/mol. The third kappa shape index (κ3) is 2.85. The van der Waals surface area contributed by atoms with Gasteiger partial charge in [0.1, 0.15) is 5.58 Å². The Morgan fingerprint density at radius 3 is 2.03 bits per heavy atom. The Balaban J connectivity index is 1.51. The maximum absolute atomic E-state index is 6.63. The number of hydrogen-bond acceptors (Lipinski definition) is 2. The van der Waals surface area contributed by atoms with E-state index in [-0.39, 0.29) is 0 Å². The Bertz CT molecular complexity index is 2370. The van der Waals surface area contributed by atoms with Gasteiger partial charge in [0.05, 0.1) is 15.7 Å². The minimum atomic E-state index is 0.933. The summed E-state index contributed by atoms with van der Waals surface area (Å²) in [5.41, 5.74) is 7.97. The first-order valence-electron chi connectivity index (χ1n) is 13.2. The summed E-state index contributed by atoms with van der Waals surface area (Å²) in [6.45, 7) is 0. The molecule has 0 atom stereocenters. The Labute approximate surface area is 227 Å². The van der Waals surface area contributed by atoms with Crippen LogP contribution < -0.4 is 0 Å². The van der Waals surface area contributed by atoms with Gasteiger partial charge < -0.3 is 8.98 Å². The first-order valence-corrected chi connectivity index (χ1v) is 14.0. The summed E-state index contributed by atoms with van der Waals surface area (Å²) in [5, 5.41) is 7.41. The summed E-state index contributed by atoms with van der Waals surface area (Å²) < 4.78 is 11.6. The molecular formula is C36H21NOS. The largest absolute Gasteiger partial charge is 0.455 e.